The number of nitrogens with one attached hydrogen (secondary N) is 2. The second-order valence-corrected chi connectivity index (χ2v) is 7.92. The normalized spacial score (nSPS) is 17.5. The quantitative estimate of drug-likeness (QED) is 0.842. The number of rotatable bonds is 6. The van der Waals surface area contributed by atoms with Gasteiger partial charge >= 0.3 is 0 Å². The van der Waals surface area contributed by atoms with Gasteiger partial charge in [-0.15, -0.1) is 0 Å². The van der Waals surface area contributed by atoms with E-state index in [1.165, 1.54) is 11.1 Å². The van der Waals surface area contributed by atoms with Crippen LogP contribution in [0.4, 0.5) is 0 Å². The second-order valence-electron chi connectivity index (χ2n) is 7.92. The molecule has 2 N–H and O–H groups in total. The molecular weight excluding hydrogens is 300 g/mol. The Morgan fingerprint density at radius 2 is 1.83 bits per heavy atom. The first-order chi connectivity index (χ1) is 11.4. The Balaban J connectivity index is 1.87. The molecule has 1 amide bonds. The van der Waals surface area contributed by atoms with Crippen molar-refractivity contribution >= 4 is 5.91 Å². The molecule has 0 aromatic heterocycles. The minimum Gasteiger partial charge on any atom is -0.384 e. The molecule has 1 aromatic rings. The van der Waals surface area contributed by atoms with Gasteiger partial charge in [-0.2, -0.15) is 0 Å². The summed E-state index contributed by atoms with van der Waals surface area (Å²) in [7, 11) is 1.67. The molecule has 0 spiro atoms. The molecule has 2 rings (SSSR count). The Morgan fingerprint density at radius 3 is 2.38 bits per heavy atom. The van der Waals surface area contributed by atoms with Crippen molar-refractivity contribution in [1.82, 2.24) is 10.6 Å². The van der Waals surface area contributed by atoms with Crippen molar-refractivity contribution in [3.8, 4) is 0 Å². The van der Waals surface area contributed by atoms with Crippen molar-refractivity contribution in [1.29, 1.82) is 0 Å². The molecule has 0 aliphatic carbocycles. The van der Waals surface area contributed by atoms with E-state index in [1.54, 1.807) is 7.11 Å². The molecular formula is C20H32N2O2. The summed E-state index contributed by atoms with van der Waals surface area (Å²) in [5.74, 6) is 0.136. The fraction of sp³-hybridized carbons (Fsp3) is 0.650. The molecule has 4 heteroatoms. The number of methoxy groups -OCH3 is 1. The van der Waals surface area contributed by atoms with Crippen LogP contribution in [0.25, 0.3) is 0 Å². The standard InChI is InChI=1S/C20H32N2O2/c1-19(2,3)17-7-5-16(6-8-17)9-12-22-18(23)20(15-24-4)10-13-21-14-11-20/h5-8,21H,9-15H2,1-4H3,(H,22,23). The van der Waals surface area contributed by atoms with Crippen LogP contribution in [0.1, 0.15) is 44.7 Å². The molecule has 0 saturated carbocycles. The topological polar surface area (TPSA) is 50.4 Å². The Bertz CT molecular complexity index is 520. The number of benzene rings is 1. The lowest BCUT2D eigenvalue weighted by Gasteiger charge is -2.35. The van der Waals surface area contributed by atoms with Crippen LogP contribution in [0.15, 0.2) is 24.3 Å². The SMILES string of the molecule is COCC1(C(=O)NCCc2ccc(C(C)(C)C)cc2)CCNCC1. The van der Waals surface area contributed by atoms with Crippen molar-refractivity contribution in [2.75, 3.05) is 33.4 Å². The van der Waals surface area contributed by atoms with E-state index in [2.05, 4.69) is 55.7 Å². The summed E-state index contributed by atoms with van der Waals surface area (Å²) in [5, 5.41) is 6.44. The van der Waals surface area contributed by atoms with E-state index in [4.69, 9.17) is 4.74 Å². The van der Waals surface area contributed by atoms with Crippen LogP contribution in [0.2, 0.25) is 0 Å². The first-order valence-corrected chi connectivity index (χ1v) is 8.95. The predicted molar refractivity (Wildman–Crippen MR) is 98.3 cm³/mol. The van der Waals surface area contributed by atoms with Crippen LogP contribution in [0, 0.1) is 5.41 Å². The van der Waals surface area contributed by atoms with Gasteiger partial charge in [0.15, 0.2) is 0 Å². The maximum Gasteiger partial charge on any atom is 0.228 e. The molecule has 0 unspecified atom stereocenters. The van der Waals surface area contributed by atoms with Gasteiger partial charge in [0, 0.05) is 13.7 Å². The first-order valence-electron chi connectivity index (χ1n) is 8.95. The highest BCUT2D eigenvalue weighted by Gasteiger charge is 2.39. The number of carbonyl (C=O) groups is 1. The van der Waals surface area contributed by atoms with Gasteiger partial charge in [0.25, 0.3) is 0 Å². The van der Waals surface area contributed by atoms with E-state index in [-0.39, 0.29) is 16.7 Å². The van der Waals surface area contributed by atoms with Crippen molar-refractivity contribution in [2.24, 2.45) is 5.41 Å². The second kappa shape index (κ2) is 8.13. The number of piperidine rings is 1. The highest BCUT2D eigenvalue weighted by Crippen LogP contribution is 2.29. The van der Waals surface area contributed by atoms with Crippen molar-refractivity contribution < 1.29 is 9.53 Å². The minimum atomic E-state index is -0.365. The lowest BCUT2D eigenvalue weighted by molar-refractivity contribution is -0.136. The molecule has 134 valence electrons. The van der Waals surface area contributed by atoms with Gasteiger partial charge in [-0.05, 0) is 48.9 Å². The molecule has 1 saturated heterocycles. The van der Waals surface area contributed by atoms with Crippen molar-refractivity contribution in [3.05, 3.63) is 35.4 Å². The van der Waals surface area contributed by atoms with Crippen molar-refractivity contribution in [3.63, 3.8) is 0 Å². The van der Waals surface area contributed by atoms with E-state index < -0.39 is 0 Å². The third-order valence-corrected chi connectivity index (χ3v) is 4.98. The Morgan fingerprint density at radius 1 is 1.21 bits per heavy atom. The molecule has 0 atom stereocenters. The summed E-state index contributed by atoms with van der Waals surface area (Å²) >= 11 is 0. The highest BCUT2D eigenvalue weighted by molar-refractivity contribution is 5.83. The number of amides is 1. The van der Waals surface area contributed by atoms with Crippen molar-refractivity contribution in [2.45, 2.75) is 45.4 Å². The van der Waals surface area contributed by atoms with Gasteiger partial charge in [-0.1, -0.05) is 45.0 Å². The summed E-state index contributed by atoms with van der Waals surface area (Å²) in [4.78, 5) is 12.7. The van der Waals surface area contributed by atoms with Crippen LogP contribution in [-0.4, -0.2) is 39.3 Å². The molecule has 24 heavy (non-hydrogen) atoms. The van der Waals surface area contributed by atoms with Crippen LogP contribution < -0.4 is 10.6 Å². The van der Waals surface area contributed by atoms with Crippen LogP contribution in [0.5, 0.6) is 0 Å². The third-order valence-electron chi connectivity index (χ3n) is 4.98. The number of hydrogen-bond donors (Lipinski definition) is 2. The van der Waals surface area contributed by atoms with Gasteiger partial charge in [0.05, 0.1) is 12.0 Å². The maximum absolute atomic E-state index is 12.7. The summed E-state index contributed by atoms with van der Waals surface area (Å²) in [5.41, 5.74) is 2.41. The van der Waals surface area contributed by atoms with Crippen LogP contribution in [-0.2, 0) is 21.4 Å². The van der Waals surface area contributed by atoms with Crippen LogP contribution in [0.3, 0.4) is 0 Å². The van der Waals surface area contributed by atoms with Gasteiger partial charge < -0.3 is 15.4 Å². The molecule has 4 nitrogen and oxygen atoms in total. The molecule has 1 heterocycles. The Labute approximate surface area is 146 Å². The monoisotopic (exact) mass is 332 g/mol. The zero-order valence-electron chi connectivity index (χ0n) is 15.6. The third kappa shape index (κ3) is 4.81. The molecule has 0 bridgehead atoms. The predicted octanol–water partition coefficient (Wildman–Crippen LogP) is 2.66. The summed E-state index contributed by atoms with van der Waals surface area (Å²) in [6.45, 7) is 9.59. The summed E-state index contributed by atoms with van der Waals surface area (Å²) in [6, 6.07) is 8.72. The van der Waals surface area contributed by atoms with E-state index in [9.17, 15) is 4.79 Å². The van der Waals surface area contributed by atoms with E-state index >= 15 is 0 Å². The molecule has 1 aliphatic heterocycles. The van der Waals surface area contributed by atoms with E-state index in [0.717, 1.165) is 32.4 Å². The first kappa shape index (κ1) is 18.9. The number of ether oxygens (including phenoxy) is 1. The van der Waals surface area contributed by atoms with Gasteiger partial charge in [-0.25, -0.2) is 0 Å². The van der Waals surface area contributed by atoms with Gasteiger partial charge in [0.1, 0.15) is 0 Å². The minimum absolute atomic E-state index is 0.136. The largest absolute Gasteiger partial charge is 0.384 e. The van der Waals surface area contributed by atoms with Crippen LogP contribution >= 0.6 is 0 Å². The molecule has 1 aromatic carbocycles. The fourth-order valence-electron chi connectivity index (χ4n) is 3.30. The average molecular weight is 332 g/mol. The smallest absolute Gasteiger partial charge is 0.228 e. The molecule has 1 fully saturated rings. The Kier molecular flexibility index (Phi) is 6.41. The molecule has 1 aliphatic rings. The molecule has 0 radical (unpaired) electrons. The average Bonchev–Trinajstić information content (AvgIpc) is 2.55. The maximum atomic E-state index is 12.7. The van der Waals surface area contributed by atoms with E-state index in [0.29, 0.717) is 13.2 Å². The number of hydrogen-bond acceptors (Lipinski definition) is 3. The summed E-state index contributed by atoms with van der Waals surface area (Å²) < 4.78 is 5.33. The zero-order valence-corrected chi connectivity index (χ0v) is 15.6. The lowest BCUT2D eigenvalue weighted by atomic mass is 9.78. The Hall–Kier alpha value is -1.39. The summed E-state index contributed by atoms with van der Waals surface area (Å²) in [6.07, 6.45) is 2.54. The lowest BCUT2D eigenvalue weighted by Crippen LogP contribution is -2.50. The zero-order chi connectivity index (χ0) is 17.6. The fourth-order valence-corrected chi connectivity index (χ4v) is 3.30. The van der Waals surface area contributed by atoms with Gasteiger partial charge in [0.2, 0.25) is 5.91 Å². The van der Waals surface area contributed by atoms with E-state index in [1.807, 2.05) is 0 Å². The number of carbonyl (C=O) groups excluding carboxylic acids is 1. The highest BCUT2D eigenvalue weighted by atomic mass is 16.5. The van der Waals surface area contributed by atoms with Gasteiger partial charge in [-0.3, -0.25) is 4.79 Å².